The predicted octanol–water partition coefficient (Wildman–Crippen LogP) is 2.78. The number of hydrogen-bond donors (Lipinski definition) is 0. The van der Waals surface area contributed by atoms with Gasteiger partial charge in [0.25, 0.3) is 5.91 Å². The second-order valence-corrected chi connectivity index (χ2v) is 7.91. The summed E-state index contributed by atoms with van der Waals surface area (Å²) in [6.45, 7) is 4.21. The number of ether oxygens (including phenoxy) is 1. The van der Waals surface area contributed by atoms with Gasteiger partial charge >= 0.3 is 0 Å². The highest BCUT2D eigenvalue weighted by Crippen LogP contribution is 2.35. The highest BCUT2D eigenvalue weighted by atomic mass is 16.5. The zero-order chi connectivity index (χ0) is 19.1. The minimum Gasteiger partial charge on any atom is -0.493 e. The molecule has 0 N–H and O–H groups in total. The van der Waals surface area contributed by atoms with Gasteiger partial charge in [0.2, 0.25) is 0 Å². The Kier molecular flexibility index (Phi) is 4.40. The molecule has 3 aliphatic rings. The van der Waals surface area contributed by atoms with Crippen molar-refractivity contribution < 1.29 is 9.53 Å². The fourth-order valence-corrected chi connectivity index (χ4v) is 4.31. The second kappa shape index (κ2) is 7.06. The zero-order valence-corrected chi connectivity index (χ0v) is 16.3. The maximum Gasteiger partial charge on any atom is 0.255 e. The van der Waals surface area contributed by atoms with E-state index in [1.807, 2.05) is 11.0 Å². The van der Waals surface area contributed by atoms with Crippen molar-refractivity contribution in [2.75, 3.05) is 39.8 Å². The van der Waals surface area contributed by atoms with Crippen LogP contribution in [-0.4, -0.2) is 60.5 Å². The highest BCUT2D eigenvalue weighted by molar-refractivity contribution is 5.96. The van der Waals surface area contributed by atoms with Gasteiger partial charge in [0.1, 0.15) is 5.75 Å². The highest BCUT2D eigenvalue weighted by Gasteiger charge is 2.24. The first-order chi connectivity index (χ1) is 13.7. The summed E-state index contributed by atoms with van der Waals surface area (Å²) in [4.78, 5) is 21.8. The third-order valence-electron chi connectivity index (χ3n) is 6.02. The fourth-order valence-electron chi connectivity index (χ4n) is 4.31. The molecule has 1 aliphatic carbocycles. The number of piperazine rings is 1. The van der Waals surface area contributed by atoms with Crippen LogP contribution in [0.4, 0.5) is 0 Å². The molecular weight excluding hydrogens is 350 g/mol. The van der Waals surface area contributed by atoms with Crippen LogP contribution in [0.15, 0.2) is 36.5 Å². The Morgan fingerprint density at radius 3 is 2.86 bits per heavy atom. The first-order valence-corrected chi connectivity index (χ1v) is 10.1. The van der Waals surface area contributed by atoms with Crippen LogP contribution in [0.1, 0.15) is 39.2 Å². The van der Waals surface area contributed by atoms with Crippen LogP contribution in [-0.2, 0) is 12.8 Å². The second-order valence-electron chi connectivity index (χ2n) is 7.91. The molecule has 2 aliphatic heterocycles. The summed E-state index contributed by atoms with van der Waals surface area (Å²) in [5, 5.41) is 0. The third-order valence-corrected chi connectivity index (χ3v) is 6.02. The summed E-state index contributed by atoms with van der Waals surface area (Å²) >= 11 is 0. The number of allylic oxidation sites excluding steroid dienone is 1. The molecule has 1 aromatic heterocycles. The molecule has 0 radical (unpaired) electrons. The quantitative estimate of drug-likeness (QED) is 0.810. The number of rotatable bonds is 2. The lowest BCUT2D eigenvalue weighted by Gasteiger charge is -2.32. The molecule has 144 valence electrons. The van der Waals surface area contributed by atoms with Gasteiger partial charge in [0.15, 0.2) is 0 Å². The zero-order valence-electron chi connectivity index (χ0n) is 16.3. The number of hydrogen-bond acceptors (Lipinski definition) is 4. The normalized spacial score (nSPS) is 18.9. The van der Waals surface area contributed by atoms with Crippen LogP contribution in [0.2, 0.25) is 0 Å². The molecule has 0 spiro atoms. The molecule has 3 heterocycles. The Hall–Kier alpha value is -2.66. The molecule has 0 bridgehead atoms. The third kappa shape index (κ3) is 3.10. The summed E-state index contributed by atoms with van der Waals surface area (Å²) < 4.78 is 5.75. The number of pyridine rings is 1. The molecule has 1 aromatic carbocycles. The van der Waals surface area contributed by atoms with Gasteiger partial charge in [-0.05, 0) is 54.8 Å². The Balaban J connectivity index is 1.43. The fraction of sp³-hybridized carbons (Fsp3) is 0.391. The number of amides is 1. The van der Waals surface area contributed by atoms with Crippen molar-refractivity contribution in [3.05, 3.63) is 64.5 Å². The number of fused-ring (bicyclic) bond motifs is 2. The van der Waals surface area contributed by atoms with Gasteiger partial charge < -0.3 is 14.5 Å². The smallest absolute Gasteiger partial charge is 0.255 e. The number of likely N-dealkylation sites (N-methyl/N-ethyl adjacent to an activating group) is 1. The molecule has 0 unspecified atom stereocenters. The number of aromatic nitrogens is 1. The number of carbonyl (C=O) groups is 1. The van der Waals surface area contributed by atoms with Crippen LogP contribution in [0, 0.1) is 0 Å². The molecular formula is C23H25N3O2. The largest absolute Gasteiger partial charge is 0.493 e. The van der Waals surface area contributed by atoms with Crippen molar-refractivity contribution in [3.8, 4) is 5.75 Å². The van der Waals surface area contributed by atoms with Crippen LogP contribution < -0.4 is 4.74 Å². The van der Waals surface area contributed by atoms with Gasteiger partial charge in [-0.15, -0.1) is 0 Å². The predicted molar refractivity (Wildman–Crippen MR) is 109 cm³/mol. The van der Waals surface area contributed by atoms with E-state index in [0.717, 1.165) is 69.1 Å². The molecule has 1 saturated heterocycles. The van der Waals surface area contributed by atoms with Gasteiger partial charge in [-0.3, -0.25) is 9.78 Å². The van der Waals surface area contributed by atoms with Crippen LogP contribution in [0.25, 0.3) is 5.57 Å². The topological polar surface area (TPSA) is 45.7 Å². The monoisotopic (exact) mass is 375 g/mol. The molecule has 28 heavy (non-hydrogen) atoms. The lowest BCUT2D eigenvalue weighted by Crippen LogP contribution is -2.47. The maximum absolute atomic E-state index is 13.0. The number of aryl methyl sites for hydroxylation is 1. The van der Waals surface area contributed by atoms with Crippen molar-refractivity contribution in [1.29, 1.82) is 0 Å². The lowest BCUT2D eigenvalue weighted by atomic mass is 9.95. The molecule has 0 atom stereocenters. The molecule has 1 amide bonds. The Morgan fingerprint density at radius 1 is 1.14 bits per heavy atom. The minimum atomic E-state index is 0.0912. The molecule has 1 fully saturated rings. The van der Waals surface area contributed by atoms with E-state index < -0.39 is 0 Å². The van der Waals surface area contributed by atoms with Crippen molar-refractivity contribution >= 4 is 11.5 Å². The van der Waals surface area contributed by atoms with Gasteiger partial charge in [0, 0.05) is 44.4 Å². The molecule has 5 rings (SSSR count). The number of carbonyl (C=O) groups excluding carboxylic acids is 1. The van der Waals surface area contributed by atoms with Crippen LogP contribution in [0.3, 0.4) is 0 Å². The standard InChI is InChI=1S/C23H25N3O2/c1-25-8-10-26(11-9-25)23(27)18-14-20-19(5-6-21(20)24-15-18)16-4-7-22-17(13-16)3-2-12-28-22/h4-5,7,13-15H,2-3,6,8-12H2,1H3. The van der Waals surface area contributed by atoms with Crippen molar-refractivity contribution in [3.63, 3.8) is 0 Å². The summed E-state index contributed by atoms with van der Waals surface area (Å²) in [6.07, 6.45) is 6.92. The summed E-state index contributed by atoms with van der Waals surface area (Å²) in [7, 11) is 2.10. The van der Waals surface area contributed by atoms with E-state index in [-0.39, 0.29) is 5.91 Å². The Bertz CT molecular complexity index is 958. The molecule has 5 heteroatoms. The van der Waals surface area contributed by atoms with E-state index in [0.29, 0.717) is 5.56 Å². The first-order valence-electron chi connectivity index (χ1n) is 10.1. The average molecular weight is 375 g/mol. The number of nitrogens with zero attached hydrogens (tertiary/aromatic N) is 3. The molecule has 5 nitrogen and oxygen atoms in total. The Morgan fingerprint density at radius 2 is 2.00 bits per heavy atom. The van der Waals surface area contributed by atoms with Crippen molar-refractivity contribution in [2.24, 2.45) is 0 Å². The van der Waals surface area contributed by atoms with Gasteiger partial charge in [-0.1, -0.05) is 12.1 Å². The van der Waals surface area contributed by atoms with Gasteiger partial charge in [0.05, 0.1) is 17.9 Å². The van der Waals surface area contributed by atoms with E-state index in [9.17, 15) is 4.79 Å². The Labute approximate surface area is 165 Å². The maximum atomic E-state index is 13.0. The van der Waals surface area contributed by atoms with E-state index >= 15 is 0 Å². The van der Waals surface area contributed by atoms with Crippen LogP contribution >= 0.6 is 0 Å². The summed E-state index contributed by atoms with van der Waals surface area (Å²) in [5.41, 5.74) is 6.49. The summed E-state index contributed by atoms with van der Waals surface area (Å²) in [5.74, 6) is 1.10. The first kappa shape index (κ1) is 17.4. The van der Waals surface area contributed by atoms with Crippen molar-refractivity contribution in [2.45, 2.75) is 19.3 Å². The van der Waals surface area contributed by atoms with E-state index in [1.54, 1.807) is 6.20 Å². The van der Waals surface area contributed by atoms with Crippen LogP contribution in [0.5, 0.6) is 5.75 Å². The SMILES string of the molecule is CN1CCN(C(=O)c2cnc3c(c2)C(c2ccc4c(c2)CCCO4)=CC3)CC1. The van der Waals surface area contributed by atoms with E-state index in [4.69, 9.17) is 4.74 Å². The van der Waals surface area contributed by atoms with E-state index in [2.05, 4.69) is 41.2 Å². The van der Waals surface area contributed by atoms with Crippen molar-refractivity contribution in [1.82, 2.24) is 14.8 Å². The summed E-state index contributed by atoms with van der Waals surface area (Å²) in [6, 6.07) is 8.48. The van der Waals surface area contributed by atoms with Gasteiger partial charge in [-0.25, -0.2) is 0 Å². The van der Waals surface area contributed by atoms with E-state index in [1.165, 1.54) is 16.7 Å². The molecule has 0 saturated carbocycles. The lowest BCUT2D eigenvalue weighted by molar-refractivity contribution is 0.0663. The number of benzene rings is 1. The van der Waals surface area contributed by atoms with Gasteiger partial charge in [-0.2, -0.15) is 0 Å². The minimum absolute atomic E-state index is 0.0912. The average Bonchev–Trinajstić information content (AvgIpc) is 3.16. The molecule has 2 aromatic rings.